The van der Waals surface area contributed by atoms with Crippen LogP contribution in [-0.4, -0.2) is 18.2 Å². The molecule has 1 amide bonds. The van der Waals surface area contributed by atoms with Crippen molar-refractivity contribution in [3.05, 3.63) is 66.2 Å². The van der Waals surface area contributed by atoms with Crippen molar-refractivity contribution in [1.29, 1.82) is 0 Å². The molecule has 0 bridgehead atoms. The van der Waals surface area contributed by atoms with Gasteiger partial charge in [0.15, 0.2) is 6.61 Å². The van der Waals surface area contributed by atoms with E-state index in [1.54, 1.807) is 0 Å². The highest BCUT2D eigenvalue weighted by Crippen LogP contribution is 2.10. The summed E-state index contributed by atoms with van der Waals surface area (Å²) in [6.45, 7) is 4.19. The van der Waals surface area contributed by atoms with E-state index >= 15 is 0 Å². The predicted molar refractivity (Wildman–Crippen MR) is 92.5 cm³/mol. The van der Waals surface area contributed by atoms with Crippen molar-refractivity contribution in [2.75, 3.05) is 6.61 Å². The number of para-hydroxylation sites is 1. The number of nitrogens with zero attached hydrogens (tertiary/aromatic N) is 1. The van der Waals surface area contributed by atoms with E-state index in [0.717, 1.165) is 17.7 Å². The zero-order valence-corrected chi connectivity index (χ0v) is 13.5. The van der Waals surface area contributed by atoms with Gasteiger partial charge in [0.25, 0.3) is 5.91 Å². The first-order valence-electron chi connectivity index (χ1n) is 7.74. The lowest BCUT2D eigenvalue weighted by atomic mass is 10.0. The second kappa shape index (κ2) is 8.73. The van der Waals surface area contributed by atoms with Crippen molar-refractivity contribution in [3.8, 4) is 5.75 Å². The van der Waals surface area contributed by atoms with Crippen molar-refractivity contribution in [2.45, 2.75) is 20.3 Å². The Morgan fingerprint density at radius 3 is 2.26 bits per heavy atom. The van der Waals surface area contributed by atoms with Crippen LogP contribution < -0.4 is 10.2 Å². The highest BCUT2D eigenvalue weighted by Gasteiger charge is 2.08. The Morgan fingerprint density at radius 2 is 1.65 bits per heavy atom. The minimum Gasteiger partial charge on any atom is -0.484 e. The number of hydrazone groups is 1. The fourth-order valence-electron chi connectivity index (χ4n) is 2.07. The molecule has 0 saturated carbocycles. The molecular weight excluding hydrogens is 288 g/mol. The molecule has 23 heavy (non-hydrogen) atoms. The van der Waals surface area contributed by atoms with Gasteiger partial charge in [0.05, 0.1) is 5.71 Å². The molecule has 1 N–H and O–H groups in total. The highest BCUT2D eigenvalue weighted by molar-refractivity contribution is 6.01. The van der Waals surface area contributed by atoms with Crippen LogP contribution in [-0.2, 0) is 4.79 Å². The van der Waals surface area contributed by atoms with Gasteiger partial charge in [-0.1, -0.05) is 62.4 Å². The molecule has 0 saturated heterocycles. The number of hydrogen-bond donors (Lipinski definition) is 1. The summed E-state index contributed by atoms with van der Waals surface area (Å²) in [5, 5.41) is 4.28. The molecule has 0 aliphatic carbocycles. The highest BCUT2D eigenvalue weighted by atomic mass is 16.5. The van der Waals surface area contributed by atoms with E-state index in [-0.39, 0.29) is 12.5 Å². The topological polar surface area (TPSA) is 50.7 Å². The summed E-state index contributed by atoms with van der Waals surface area (Å²) in [5.74, 6) is 0.842. The number of carbonyl (C=O) groups excluding carboxylic acids is 1. The zero-order chi connectivity index (χ0) is 16.5. The molecule has 0 fully saturated rings. The third-order valence-corrected chi connectivity index (χ3v) is 3.14. The van der Waals surface area contributed by atoms with Crippen LogP contribution in [0.2, 0.25) is 0 Å². The van der Waals surface area contributed by atoms with Crippen LogP contribution in [0, 0.1) is 5.92 Å². The normalized spacial score (nSPS) is 11.3. The minimum atomic E-state index is -0.272. The second-order valence-corrected chi connectivity index (χ2v) is 5.66. The molecule has 2 aromatic carbocycles. The number of rotatable bonds is 7. The van der Waals surface area contributed by atoms with E-state index in [4.69, 9.17) is 4.74 Å². The van der Waals surface area contributed by atoms with Crippen molar-refractivity contribution in [1.82, 2.24) is 5.43 Å². The smallest absolute Gasteiger partial charge is 0.277 e. The van der Waals surface area contributed by atoms with E-state index in [0.29, 0.717) is 11.7 Å². The summed E-state index contributed by atoms with van der Waals surface area (Å²) in [7, 11) is 0. The maximum absolute atomic E-state index is 11.9. The van der Waals surface area contributed by atoms with Gasteiger partial charge in [-0.2, -0.15) is 5.10 Å². The molecule has 2 aromatic rings. The van der Waals surface area contributed by atoms with Gasteiger partial charge in [-0.25, -0.2) is 5.43 Å². The molecule has 0 heterocycles. The van der Waals surface area contributed by atoms with Crippen LogP contribution >= 0.6 is 0 Å². The van der Waals surface area contributed by atoms with Gasteiger partial charge in [-0.15, -0.1) is 0 Å². The lowest BCUT2D eigenvalue weighted by molar-refractivity contribution is -0.123. The van der Waals surface area contributed by atoms with Gasteiger partial charge in [-0.3, -0.25) is 4.79 Å². The van der Waals surface area contributed by atoms with Gasteiger partial charge < -0.3 is 4.74 Å². The van der Waals surface area contributed by atoms with Gasteiger partial charge >= 0.3 is 0 Å². The molecule has 4 nitrogen and oxygen atoms in total. The monoisotopic (exact) mass is 310 g/mol. The molecule has 0 spiro atoms. The first kappa shape index (κ1) is 16.7. The summed E-state index contributed by atoms with van der Waals surface area (Å²) in [4.78, 5) is 11.9. The summed E-state index contributed by atoms with van der Waals surface area (Å²) < 4.78 is 5.41. The van der Waals surface area contributed by atoms with Crippen LogP contribution in [0.25, 0.3) is 0 Å². The van der Waals surface area contributed by atoms with Crippen molar-refractivity contribution in [3.63, 3.8) is 0 Å². The number of nitrogens with one attached hydrogen (secondary N) is 1. The zero-order valence-electron chi connectivity index (χ0n) is 13.5. The van der Waals surface area contributed by atoms with E-state index < -0.39 is 0 Å². The van der Waals surface area contributed by atoms with E-state index in [9.17, 15) is 4.79 Å². The number of hydrogen-bond acceptors (Lipinski definition) is 3. The summed E-state index contributed by atoms with van der Waals surface area (Å²) in [5.41, 5.74) is 4.47. The van der Waals surface area contributed by atoms with Gasteiger partial charge in [0.2, 0.25) is 0 Å². The molecule has 120 valence electrons. The largest absolute Gasteiger partial charge is 0.484 e. The lowest BCUT2D eigenvalue weighted by Gasteiger charge is -2.10. The van der Waals surface area contributed by atoms with Gasteiger partial charge in [0.1, 0.15) is 5.75 Å². The Labute approximate surface area is 137 Å². The molecule has 0 atom stereocenters. The molecule has 0 radical (unpaired) electrons. The van der Waals surface area contributed by atoms with Crippen LogP contribution in [0.4, 0.5) is 0 Å². The maximum atomic E-state index is 11.9. The molecule has 0 aliphatic heterocycles. The third kappa shape index (κ3) is 5.94. The van der Waals surface area contributed by atoms with Gasteiger partial charge in [-0.05, 0) is 30.0 Å². The predicted octanol–water partition coefficient (Wildman–Crippen LogP) is 3.63. The Hall–Kier alpha value is -2.62. The Balaban J connectivity index is 1.95. The first-order chi connectivity index (χ1) is 11.1. The Bertz CT molecular complexity index is 637. The molecule has 0 unspecified atom stereocenters. The molecular formula is C19H22N2O2. The average Bonchev–Trinajstić information content (AvgIpc) is 2.58. The number of amides is 1. The quantitative estimate of drug-likeness (QED) is 0.627. The average molecular weight is 310 g/mol. The van der Waals surface area contributed by atoms with Crippen LogP contribution in [0.3, 0.4) is 0 Å². The Morgan fingerprint density at radius 1 is 1.04 bits per heavy atom. The number of ether oxygens (including phenoxy) is 1. The maximum Gasteiger partial charge on any atom is 0.277 e. The standard InChI is InChI=1S/C19H22N2O2/c1-15(2)13-18(16-9-5-3-6-10-16)20-21-19(22)14-23-17-11-7-4-8-12-17/h3-12,15H,13-14H2,1-2H3,(H,21,22)/b20-18+. The summed E-state index contributed by atoms with van der Waals surface area (Å²) >= 11 is 0. The first-order valence-corrected chi connectivity index (χ1v) is 7.74. The van der Waals surface area contributed by atoms with E-state index in [1.165, 1.54) is 0 Å². The van der Waals surface area contributed by atoms with Crippen molar-refractivity contribution in [2.24, 2.45) is 11.0 Å². The fourth-order valence-corrected chi connectivity index (χ4v) is 2.07. The van der Waals surface area contributed by atoms with Gasteiger partial charge in [0, 0.05) is 0 Å². The Kier molecular flexibility index (Phi) is 6.36. The van der Waals surface area contributed by atoms with E-state index in [1.807, 2.05) is 60.7 Å². The second-order valence-electron chi connectivity index (χ2n) is 5.66. The third-order valence-electron chi connectivity index (χ3n) is 3.14. The molecule has 2 rings (SSSR count). The number of benzene rings is 2. The van der Waals surface area contributed by atoms with E-state index in [2.05, 4.69) is 24.4 Å². The summed E-state index contributed by atoms with van der Waals surface area (Å²) in [6.07, 6.45) is 0.795. The minimum absolute atomic E-state index is 0.0583. The molecule has 0 aliphatic rings. The fraction of sp³-hybridized carbons (Fsp3) is 0.263. The number of carbonyl (C=O) groups is 1. The lowest BCUT2D eigenvalue weighted by Crippen LogP contribution is -2.26. The van der Waals surface area contributed by atoms with Crippen molar-refractivity contribution >= 4 is 11.6 Å². The summed E-state index contributed by atoms with van der Waals surface area (Å²) in [6, 6.07) is 19.1. The SMILES string of the molecule is CC(C)C/C(=N\NC(=O)COc1ccccc1)c1ccccc1. The molecule has 4 heteroatoms. The van der Waals surface area contributed by atoms with Crippen LogP contribution in [0.15, 0.2) is 65.8 Å². The van der Waals surface area contributed by atoms with Crippen LogP contribution in [0.1, 0.15) is 25.8 Å². The van der Waals surface area contributed by atoms with Crippen LogP contribution in [0.5, 0.6) is 5.75 Å². The molecule has 0 aromatic heterocycles. The van der Waals surface area contributed by atoms with Crippen molar-refractivity contribution < 1.29 is 9.53 Å².